The molecule has 2 aromatic carbocycles. The molecule has 1 amide bonds. The molecule has 0 aliphatic heterocycles. The molecule has 0 bridgehead atoms. The van der Waals surface area contributed by atoms with Gasteiger partial charge in [-0.05, 0) is 31.2 Å². The summed E-state index contributed by atoms with van der Waals surface area (Å²) < 4.78 is 10.5. The van der Waals surface area contributed by atoms with Gasteiger partial charge in [-0.2, -0.15) is 0 Å². The third-order valence-electron chi connectivity index (χ3n) is 4.48. The van der Waals surface area contributed by atoms with Crippen LogP contribution in [-0.2, 0) is 11.3 Å². The van der Waals surface area contributed by atoms with Gasteiger partial charge in [0, 0.05) is 17.7 Å². The number of nitro benzene ring substituents is 1. The lowest BCUT2D eigenvalue weighted by molar-refractivity contribution is -0.907. The molecule has 28 heavy (non-hydrogen) atoms. The Balaban J connectivity index is 2.05. The number of carbonyl (C=O) groups is 1. The number of ether oxygens (including phenoxy) is 2. The van der Waals surface area contributed by atoms with Crippen molar-refractivity contribution in [3.05, 3.63) is 57.1 Å². The van der Waals surface area contributed by atoms with Crippen molar-refractivity contribution in [3.63, 3.8) is 0 Å². The number of hydrogen-bond acceptors (Lipinski definition) is 5. The zero-order chi connectivity index (χ0) is 20.8. The van der Waals surface area contributed by atoms with Gasteiger partial charge in [0.2, 0.25) is 0 Å². The summed E-state index contributed by atoms with van der Waals surface area (Å²) in [4.78, 5) is 23.8. The Morgan fingerprint density at radius 1 is 1.21 bits per heavy atom. The maximum atomic E-state index is 12.6. The first-order valence-electron chi connectivity index (χ1n) is 8.54. The van der Waals surface area contributed by atoms with Crippen LogP contribution in [0.2, 0.25) is 5.02 Å². The number of methoxy groups -OCH3 is 2. The largest absolute Gasteiger partial charge is 0.493 e. The number of nitro groups is 1. The normalized spacial score (nSPS) is 12.8. The van der Waals surface area contributed by atoms with E-state index >= 15 is 0 Å². The lowest BCUT2D eigenvalue weighted by Gasteiger charge is -2.22. The number of hydrogen-bond donors (Lipinski definition) is 2. The molecule has 150 valence electrons. The number of nitrogens with zero attached hydrogens (tertiary/aromatic N) is 1. The number of amides is 1. The zero-order valence-corrected chi connectivity index (χ0v) is 16.9. The van der Waals surface area contributed by atoms with Crippen LogP contribution in [0.1, 0.15) is 12.5 Å². The van der Waals surface area contributed by atoms with Crippen LogP contribution in [0.3, 0.4) is 0 Å². The summed E-state index contributed by atoms with van der Waals surface area (Å²) in [6.45, 7) is 2.38. The lowest BCUT2D eigenvalue weighted by atomic mass is 10.1. The third kappa shape index (κ3) is 5.11. The van der Waals surface area contributed by atoms with Crippen LogP contribution in [0.15, 0.2) is 36.4 Å². The molecular formula is C19H23ClN3O5+. The van der Waals surface area contributed by atoms with Crippen molar-refractivity contribution in [2.24, 2.45) is 0 Å². The average molecular weight is 409 g/mol. The number of rotatable bonds is 8. The number of anilines is 1. The summed E-state index contributed by atoms with van der Waals surface area (Å²) in [7, 11) is 5.05. The molecule has 0 aromatic heterocycles. The van der Waals surface area contributed by atoms with Crippen LogP contribution >= 0.6 is 11.6 Å². The Morgan fingerprint density at radius 3 is 2.46 bits per heavy atom. The molecule has 0 saturated carbocycles. The van der Waals surface area contributed by atoms with Crippen molar-refractivity contribution in [3.8, 4) is 11.5 Å². The summed E-state index contributed by atoms with van der Waals surface area (Å²) in [6, 6.07) is 9.16. The molecule has 8 nitrogen and oxygen atoms in total. The molecule has 1 unspecified atom stereocenters. The minimum Gasteiger partial charge on any atom is -0.493 e. The first-order valence-corrected chi connectivity index (χ1v) is 8.92. The van der Waals surface area contributed by atoms with E-state index in [4.69, 9.17) is 21.1 Å². The van der Waals surface area contributed by atoms with Gasteiger partial charge in [-0.1, -0.05) is 11.6 Å². The topological polar surface area (TPSA) is 95.1 Å². The summed E-state index contributed by atoms with van der Waals surface area (Å²) in [5, 5.41) is 13.6. The third-order valence-corrected chi connectivity index (χ3v) is 4.80. The van der Waals surface area contributed by atoms with Crippen molar-refractivity contribution in [2.45, 2.75) is 19.5 Å². The highest BCUT2D eigenvalue weighted by Gasteiger charge is 2.23. The Hall–Kier alpha value is -2.84. The van der Waals surface area contributed by atoms with Gasteiger partial charge in [0.15, 0.2) is 17.5 Å². The van der Waals surface area contributed by atoms with Gasteiger partial charge in [-0.15, -0.1) is 0 Å². The van der Waals surface area contributed by atoms with Gasteiger partial charge < -0.3 is 19.7 Å². The summed E-state index contributed by atoms with van der Waals surface area (Å²) >= 11 is 6.04. The van der Waals surface area contributed by atoms with E-state index in [-0.39, 0.29) is 22.7 Å². The maximum Gasteiger partial charge on any atom is 0.282 e. The standard InChI is InChI=1S/C19H22ClN3O5/c1-12(19(24)21-16-7-6-14(23(25)26)10-15(16)20)22(2)11-13-5-8-17(27-3)18(9-13)28-4/h5-10,12H,11H2,1-4H3,(H,21,24)/p+1/t12-/m1/s1. The van der Waals surface area contributed by atoms with Crippen molar-refractivity contribution in [2.75, 3.05) is 26.6 Å². The second-order valence-electron chi connectivity index (χ2n) is 6.34. The van der Waals surface area contributed by atoms with Crippen LogP contribution in [0, 0.1) is 10.1 Å². The molecule has 0 radical (unpaired) electrons. The van der Waals surface area contributed by atoms with E-state index in [2.05, 4.69) is 5.32 Å². The smallest absolute Gasteiger partial charge is 0.282 e. The Labute approximate surface area is 168 Å². The Morgan fingerprint density at radius 2 is 1.89 bits per heavy atom. The summed E-state index contributed by atoms with van der Waals surface area (Å²) in [5.41, 5.74) is 1.19. The molecule has 0 spiro atoms. The van der Waals surface area contributed by atoms with Crippen LogP contribution in [0.25, 0.3) is 0 Å². The fourth-order valence-corrected chi connectivity index (χ4v) is 2.87. The monoisotopic (exact) mass is 408 g/mol. The number of carbonyl (C=O) groups excluding carboxylic acids is 1. The second-order valence-corrected chi connectivity index (χ2v) is 6.75. The van der Waals surface area contributed by atoms with Gasteiger partial charge in [0.05, 0.1) is 36.9 Å². The number of likely N-dealkylation sites (N-methyl/N-ethyl adjacent to an activating group) is 1. The highest BCUT2D eigenvalue weighted by atomic mass is 35.5. The first-order chi connectivity index (χ1) is 13.3. The van der Waals surface area contributed by atoms with E-state index in [1.165, 1.54) is 18.2 Å². The number of quaternary nitrogens is 1. The van der Waals surface area contributed by atoms with Crippen LogP contribution in [-0.4, -0.2) is 38.1 Å². The molecule has 2 aromatic rings. The molecule has 2 N–H and O–H groups in total. The molecule has 2 rings (SSSR count). The number of benzene rings is 2. The van der Waals surface area contributed by atoms with Gasteiger partial charge in [-0.25, -0.2) is 0 Å². The lowest BCUT2D eigenvalue weighted by Crippen LogP contribution is -3.12. The SMILES string of the molecule is COc1ccc(C[NH+](C)[C@H](C)C(=O)Nc2ccc([N+](=O)[O-])cc2Cl)cc1OC. The van der Waals surface area contributed by atoms with Gasteiger partial charge in [0.25, 0.3) is 11.6 Å². The number of nitrogens with one attached hydrogen (secondary N) is 2. The number of halogens is 1. The van der Waals surface area contributed by atoms with E-state index in [0.717, 1.165) is 10.5 Å². The van der Waals surface area contributed by atoms with E-state index in [1.54, 1.807) is 21.1 Å². The van der Waals surface area contributed by atoms with E-state index in [0.29, 0.717) is 23.7 Å². The predicted octanol–water partition coefficient (Wildman–Crippen LogP) is 2.31. The average Bonchev–Trinajstić information content (AvgIpc) is 2.68. The minimum atomic E-state index is -0.541. The highest BCUT2D eigenvalue weighted by molar-refractivity contribution is 6.34. The molecular weight excluding hydrogens is 386 g/mol. The van der Waals surface area contributed by atoms with Crippen molar-refractivity contribution in [1.82, 2.24) is 0 Å². The van der Waals surface area contributed by atoms with Crippen molar-refractivity contribution in [1.29, 1.82) is 0 Å². The minimum absolute atomic E-state index is 0.118. The van der Waals surface area contributed by atoms with Crippen molar-refractivity contribution >= 4 is 28.9 Å². The van der Waals surface area contributed by atoms with E-state index < -0.39 is 4.92 Å². The summed E-state index contributed by atoms with van der Waals surface area (Å²) in [6.07, 6.45) is 0. The zero-order valence-electron chi connectivity index (χ0n) is 16.1. The highest BCUT2D eigenvalue weighted by Crippen LogP contribution is 2.28. The van der Waals surface area contributed by atoms with Crippen LogP contribution in [0.4, 0.5) is 11.4 Å². The molecule has 0 aliphatic carbocycles. The van der Waals surface area contributed by atoms with Crippen LogP contribution in [0.5, 0.6) is 11.5 Å². The molecule has 0 saturated heterocycles. The predicted molar refractivity (Wildman–Crippen MR) is 106 cm³/mol. The summed E-state index contributed by atoms with van der Waals surface area (Å²) in [5.74, 6) is 1.03. The van der Waals surface area contributed by atoms with Gasteiger partial charge >= 0.3 is 0 Å². The fourth-order valence-electron chi connectivity index (χ4n) is 2.65. The first kappa shape index (κ1) is 21.5. The van der Waals surface area contributed by atoms with Crippen LogP contribution < -0.4 is 19.7 Å². The quantitative estimate of drug-likeness (QED) is 0.516. The second kappa shape index (κ2) is 9.38. The molecule has 0 fully saturated rings. The molecule has 0 heterocycles. The molecule has 0 aliphatic rings. The fraction of sp³-hybridized carbons (Fsp3) is 0.316. The van der Waals surface area contributed by atoms with Crippen molar-refractivity contribution < 1.29 is 24.1 Å². The van der Waals surface area contributed by atoms with E-state index in [9.17, 15) is 14.9 Å². The van der Waals surface area contributed by atoms with E-state index in [1.807, 2.05) is 25.2 Å². The Kier molecular flexibility index (Phi) is 7.19. The Bertz CT molecular complexity index is 875. The maximum absolute atomic E-state index is 12.6. The molecule has 2 atom stereocenters. The number of non-ortho nitro benzene ring substituents is 1. The molecule has 9 heteroatoms. The van der Waals surface area contributed by atoms with Gasteiger partial charge in [0.1, 0.15) is 6.54 Å². The van der Waals surface area contributed by atoms with Gasteiger partial charge in [-0.3, -0.25) is 14.9 Å².